The van der Waals surface area contributed by atoms with Gasteiger partial charge in [-0.25, -0.2) is 13.8 Å². The number of carbonyl (C=O) groups is 3. The maximum absolute atomic E-state index is 16.1. The van der Waals surface area contributed by atoms with Gasteiger partial charge in [-0.3, -0.25) is 19.7 Å². The number of alkyl halides is 1. The molecule has 3 aliphatic heterocycles. The van der Waals surface area contributed by atoms with E-state index in [1.54, 1.807) is 18.2 Å². The van der Waals surface area contributed by atoms with E-state index in [2.05, 4.69) is 40.1 Å². The summed E-state index contributed by atoms with van der Waals surface area (Å²) < 4.78 is 34.3. The molecule has 4 aliphatic rings. The first-order chi connectivity index (χ1) is 21.4. The van der Waals surface area contributed by atoms with Gasteiger partial charge in [-0.15, -0.1) is 0 Å². The minimum atomic E-state index is -1.38. The van der Waals surface area contributed by atoms with E-state index in [1.165, 1.54) is 12.3 Å². The van der Waals surface area contributed by atoms with Crippen LogP contribution in [0.3, 0.4) is 0 Å². The van der Waals surface area contributed by atoms with Crippen LogP contribution in [0.25, 0.3) is 0 Å². The van der Waals surface area contributed by atoms with E-state index in [0.29, 0.717) is 42.0 Å². The average molecular weight is 665 g/mol. The zero-order chi connectivity index (χ0) is 32.1. The number of ether oxygens (including phenoxy) is 1. The summed E-state index contributed by atoms with van der Waals surface area (Å²) in [6, 6.07) is 5.23. The summed E-state index contributed by atoms with van der Waals surface area (Å²) >= 11 is 12.6. The number of aromatic nitrogens is 1. The molecule has 3 fully saturated rings. The van der Waals surface area contributed by atoms with Gasteiger partial charge in [-0.05, 0) is 73.3 Å². The molecule has 0 bridgehead atoms. The first-order valence-electron chi connectivity index (χ1n) is 15.4. The number of rotatable bonds is 6. The number of nitrogens with zero attached hydrogens (tertiary/aromatic N) is 1. The number of benzene rings is 1. The number of halogens is 4. The Morgan fingerprint density at radius 2 is 1.87 bits per heavy atom. The van der Waals surface area contributed by atoms with Gasteiger partial charge in [0.25, 0.3) is 0 Å². The molecule has 3 amide bonds. The Balaban J connectivity index is 1.40. The van der Waals surface area contributed by atoms with Gasteiger partial charge in [0, 0.05) is 34.9 Å². The van der Waals surface area contributed by atoms with Gasteiger partial charge in [-0.2, -0.15) is 0 Å². The third-order valence-corrected chi connectivity index (χ3v) is 10.8. The summed E-state index contributed by atoms with van der Waals surface area (Å²) in [5.74, 6) is -2.92. The van der Waals surface area contributed by atoms with Crippen LogP contribution in [-0.2, 0) is 24.5 Å². The van der Waals surface area contributed by atoms with Crippen molar-refractivity contribution in [2.75, 3.05) is 25.1 Å². The van der Waals surface area contributed by atoms with E-state index in [9.17, 15) is 18.8 Å². The molecule has 1 aromatic heterocycles. The molecule has 13 heteroatoms. The second kappa shape index (κ2) is 12.1. The van der Waals surface area contributed by atoms with E-state index >= 15 is 4.39 Å². The minimum Gasteiger partial charge on any atom is -0.366 e. The van der Waals surface area contributed by atoms with E-state index in [1.807, 2.05) is 0 Å². The van der Waals surface area contributed by atoms with E-state index < -0.39 is 59.4 Å². The lowest BCUT2D eigenvalue weighted by Crippen LogP contribution is -2.61. The maximum atomic E-state index is 16.1. The SMILES string of the molecule is CC1(C)CCC2(CC1)N[C@@H](C(=O)N[C@@H]1CC[C@@H](C(=O)NCCF)OC1)[C@H](c1ccnc(Cl)c1F)[C@]21C(=O)Nc2cc(Cl)ccc21. The van der Waals surface area contributed by atoms with Gasteiger partial charge in [0.05, 0.1) is 18.7 Å². The third-order valence-electron chi connectivity index (χ3n) is 10.3. The van der Waals surface area contributed by atoms with Crippen LogP contribution in [-0.4, -0.2) is 66.3 Å². The Labute approximate surface area is 270 Å². The lowest BCUT2D eigenvalue weighted by molar-refractivity contribution is -0.137. The number of nitrogens with one attached hydrogen (secondary N) is 4. The van der Waals surface area contributed by atoms with Gasteiger partial charge in [0.2, 0.25) is 17.7 Å². The predicted molar refractivity (Wildman–Crippen MR) is 165 cm³/mol. The Morgan fingerprint density at radius 1 is 1.11 bits per heavy atom. The predicted octanol–water partition coefficient (Wildman–Crippen LogP) is 4.56. The van der Waals surface area contributed by atoms with Gasteiger partial charge in [-0.1, -0.05) is 43.1 Å². The summed E-state index contributed by atoms with van der Waals surface area (Å²) in [4.78, 5) is 45.1. The fraction of sp³-hybridized carbons (Fsp3) is 0.562. The summed E-state index contributed by atoms with van der Waals surface area (Å²) in [6.07, 6.45) is 4.12. The molecule has 4 heterocycles. The van der Waals surface area contributed by atoms with Crippen LogP contribution in [0, 0.1) is 11.2 Å². The van der Waals surface area contributed by atoms with Crippen LogP contribution in [0.15, 0.2) is 30.5 Å². The molecule has 9 nitrogen and oxygen atoms in total. The Kier molecular flexibility index (Phi) is 8.60. The quantitative estimate of drug-likeness (QED) is 0.336. The summed E-state index contributed by atoms with van der Waals surface area (Å²) in [5.41, 5.74) is -0.961. The van der Waals surface area contributed by atoms with Crippen LogP contribution < -0.4 is 21.3 Å². The van der Waals surface area contributed by atoms with Crippen molar-refractivity contribution < 1.29 is 27.9 Å². The zero-order valence-electron chi connectivity index (χ0n) is 25.2. The summed E-state index contributed by atoms with van der Waals surface area (Å²) in [6.45, 7) is 3.67. The molecule has 242 valence electrons. The molecule has 45 heavy (non-hydrogen) atoms. The van der Waals surface area contributed by atoms with Crippen LogP contribution in [0.1, 0.15) is 69.4 Å². The fourth-order valence-corrected chi connectivity index (χ4v) is 8.31. The van der Waals surface area contributed by atoms with E-state index in [-0.39, 0.29) is 35.2 Å². The van der Waals surface area contributed by atoms with Crippen molar-refractivity contribution in [1.29, 1.82) is 0 Å². The molecular weight excluding hydrogens is 627 g/mol. The molecule has 1 aromatic carbocycles. The molecule has 6 rings (SSSR count). The Morgan fingerprint density at radius 3 is 2.56 bits per heavy atom. The van der Waals surface area contributed by atoms with Crippen molar-refractivity contribution in [3.8, 4) is 0 Å². The standard InChI is InChI=1S/C32H37Cl2F2N5O4/c1-30(2)8-10-31(11-9-30)32(20-5-3-17(33)15-21(20)40-29(32)44)23(19-7-13-37-26(34)24(19)36)25(41-31)28(43)39-18-4-6-22(45-16-18)27(42)38-14-12-35/h3,5,7,13,15,18,22-23,25,41H,4,6,8-12,14,16H2,1-2H3,(H,38,42)(H,39,43)(H,40,44)/t18-,22+,23+,25-,32-/m1/s1. The second-order valence-corrected chi connectivity index (χ2v) is 14.2. The van der Waals surface area contributed by atoms with Crippen LogP contribution in [0.5, 0.6) is 0 Å². The van der Waals surface area contributed by atoms with E-state index in [4.69, 9.17) is 27.9 Å². The highest BCUT2D eigenvalue weighted by Gasteiger charge is 2.73. The minimum absolute atomic E-state index is 0.0135. The largest absolute Gasteiger partial charge is 0.366 e. The topological polar surface area (TPSA) is 121 Å². The molecule has 5 atom stereocenters. The maximum Gasteiger partial charge on any atom is 0.249 e. The van der Waals surface area contributed by atoms with Crippen molar-refractivity contribution in [3.05, 3.63) is 57.6 Å². The monoisotopic (exact) mass is 663 g/mol. The van der Waals surface area contributed by atoms with Gasteiger partial charge in [0.15, 0.2) is 11.0 Å². The number of carbonyl (C=O) groups excluding carboxylic acids is 3. The number of fused-ring (bicyclic) bond motifs is 3. The average Bonchev–Trinajstić information content (AvgIpc) is 3.47. The van der Waals surface area contributed by atoms with Gasteiger partial charge in [0.1, 0.15) is 18.2 Å². The molecule has 1 aliphatic carbocycles. The van der Waals surface area contributed by atoms with Gasteiger partial charge < -0.3 is 20.7 Å². The van der Waals surface area contributed by atoms with Crippen molar-refractivity contribution >= 4 is 46.6 Å². The molecule has 1 saturated carbocycles. The highest BCUT2D eigenvalue weighted by atomic mass is 35.5. The first-order valence-corrected chi connectivity index (χ1v) is 16.1. The molecule has 4 N–H and O–H groups in total. The first kappa shape index (κ1) is 32.1. The number of pyridine rings is 1. The van der Waals surface area contributed by atoms with Crippen molar-refractivity contribution in [2.24, 2.45) is 5.41 Å². The Hall–Kier alpha value is -2.86. The molecule has 2 spiro atoms. The van der Waals surface area contributed by atoms with Crippen LogP contribution in [0.4, 0.5) is 14.5 Å². The van der Waals surface area contributed by atoms with E-state index in [0.717, 1.165) is 12.8 Å². The van der Waals surface area contributed by atoms with Crippen molar-refractivity contribution in [3.63, 3.8) is 0 Å². The molecule has 2 aromatic rings. The normalized spacial score (nSPS) is 29.8. The number of anilines is 1. The highest BCUT2D eigenvalue weighted by molar-refractivity contribution is 6.31. The Bertz CT molecular complexity index is 1510. The fourth-order valence-electron chi connectivity index (χ4n) is 7.97. The second-order valence-electron chi connectivity index (χ2n) is 13.4. The summed E-state index contributed by atoms with van der Waals surface area (Å²) in [7, 11) is 0. The van der Waals surface area contributed by atoms with Crippen LogP contribution in [0.2, 0.25) is 10.2 Å². The zero-order valence-corrected chi connectivity index (χ0v) is 26.7. The van der Waals surface area contributed by atoms with Crippen molar-refractivity contribution in [2.45, 2.75) is 87.4 Å². The number of amides is 3. The van der Waals surface area contributed by atoms with Crippen molar-refractivity contribution in [1.82, 2.24) is 20.9 Å². The lowest BCUT2D eigenvalue weighted by Gasteiger charge is -2.50. The molecular formula is C32H37Cl2F2N5O4. The third kappa shape index (κ3) is 5.39. The molecule has 0 unspecified atom stereocenters. The molecule has 0 radical (unpaired) electrons. The molecule has 2 saturated heterocycles. The summed E-state index contributed by atoms with van der Waals surface area (Å²) in [5, 5.41) is 12.3. The van der Waals surface area contributed by atoms with Gasteiger partial charge >= 0.3 is 0 Å². The highest BCUT2D eigenvalue weighted by Crippen LogP contribution is 2.64. The van der Waals surface area contributed by atoms with Crippen LogP contribution >= 0.6 is 23.2 Å². The number of hydrogen-bond donors (Lipinski definition) is 4. The number of hydrogen-bond acceptors (Lipinski definition) is 6. The smallest absolute Gasteiger partial charge is 0.249 e. The lowest BCUT2D eigenvalue weighted by atomic mass is 9.53.